The average Bonchev–Trinajstić information content (AvgIpc) is 2.43. The molecule has 0 aromatic rings. The SMILES string of the molecule is CO[C@@H]1CN(C(=O)OC(C)(C)C)C[C@@H]1O. The summed E-state index contributed by atoms with van der Waals surface area (Å²) < 4.78 is 10.2. The van der Waals surface area contributed by atoms with Gasteiger partial charge in [-0.3, -0.25) is 0 Å². The van der Waals surface area contributed by atoms with Gasteiger partial charge in [0.15, 0.2) is 0 Å². The number of carbonyl (C=O) groups excluding carboxylic acids is 1. The molecule has 1 N–H and O–H groups in total. The van der Waals surface area contributed by atoms with Crippen LogP contribution in [0.3, 0.4) is 0 Å². The Balaban J connectivity index is 2.50. The highest BCUT2D eigenvalue weighted by molar-refractivity contribution is 5.68. The van der Waals surface area contributed by atoms with Gasteiger partial charge >= 0.3 is 6.09 Å². The number of methoxy groups -OCH3 is 1. The van der Waals surface area contributed by atoms with Crippen LogP contribution in [-0.4, -0.2) is 54.1 Å². The molecule has 0 spiro atoms. The number of ether oxygens (including phenoxy) is 2. The second kappa shape index (κ2) is 4.37. The maximum Gasteiger partial charge on any atom is 0.410 e. The summed E-state index contributed by atoms with van der Waals surface area (Å²) in [4.78, 5) is 13.1. The highest BCUT2D eigenvalue weighted by atomic mass is 16.6. The third kappa shape index (κ3) is 3.35. The van der Waals surface area contributed by atoms with Crippen LogP contribution in [0.15, 0.2) is 0 Å². The van der Waals surface area contributed by atoms with E-state index in [1.807, 2.05) is 20.8 Å². The van der Waals surface area contributed by atoms with Crippen LogP contribution in [-0.2, 0) is 9.47 Å². The quantitative estimate of drug-likeness (QED) is 0.699. The first-order chi connectivity index (χ1) is 6.83. The zero-order chi connectivity index (χ0) is 11.6. The van der Waals surface area contributed by atoms with Gasteiger partial charge in [-0.15, -0.1) is 0 Å². The van der Waals surface area contributed by atoms with Gasteiger partial charge < -0.3 is 19.5 Å². The summed E-state index contributed by atoms with van der Waals surface area (Å²) in [6.45, 7) is 6.08. The first-order valence-electron chi connectivity index (χ1n) is 5.02. The van der Waals surface area contributed by atoms with Crippen molar-refractivity contribution in [3.63, 3.8) is 0 Å². The molecular formula is C10H19NO4. The van der Waals surface area contributed by atoms with Crippen molar-refractivity contribution in [3.8, 4) is 0 Å². The van der Waals surface area contributed by atoms with Gasteiger partial charge in [-0.1, -0.05) is 0 Å². The van der Waals surface area contributed by atoms with E-state index < -0.39 is 17.8 Å². The lowest BCUT2D eigenvalue weighted by Crippen LogP contribution is -2.36. The number of aliphatic hydroxyl groups excluding tert-OH is 1. The fourth-order valence-electron chi connectivity index (χ4n) is 1.46. The molecule has 5 heteroatoms. The molecule has 0 unspecified atom stereocenters. The molecule has 0 aromatic carbocycles. The van der Waals surface area contributed by atoms with Crippen LogP contribution >= 0.6 is 0 Å². The van der Waals surface area contributed by atoms with Crippen LogP contribution in [0.5, 0.6) is 0 Å². The van der Waals surface area contributed by atoms with Crippen LogP contribution < -0.4 is 0 Å². The zero-order valence-electron chi connectivity index (χ0n) is 9.69. The van der Waals surface area contributed by atoms with Gasteiger partial charge in [0.1, 0.15) is 11.7 Å². The highest BCUT2D eigenvalue weighted by Crippen LogP contribution is 2.17. The lowest BCUT2D eigenvalue weighted by molar-refractivity contribution is 0.0199. The third-order valence-corrected chi connectivity index (χ3v) is 2.19. The monoisotopic (exact) mass is 217 g/mol. The van der Waals surface area contributed by atoms with Crippen LogP contribution in [0, 0.1) is 0 Å². The van der Waals surface area contributed by atoms with E-state index in [-0.39, 0.29) is 12.6 Å². The lowest BCUT2D eigenvalue weighted by Gasteiger charge is -2.24. The molecule has 0 radical (unpaired) electrons. The molecule has 1 heterocycles. The van der Waals surface area contributed by atoms with Gasteiger partial charge in [0.25, 0.3) is 0 Å². The molecule has 1 saturated heterocycles. The number of hydrogen-bond donors (Lipinski definition) is 1. The second-order valence-corrected chi connectivity index (χ2v) is 4.73. The van der Waals surface area contributed by atoms with E-state index in [1.165, 1.54) is 12.0 Å². The molecule has 0 aliphatic carbocycles. The van der Waals surface area contributed by atoms with Crippen molar-refractivity contribution in [2.24, 2.45) is 0 Å². The Bertz CT molecular complexity index is 236. The van der Waals surface area contributed by atoms with E-state index in [4.69, 9.17) is 9.47 Å². The number of β-amino-alcohol motifs (C(OH)–C–C–N with tert-alkyl or cyclic N) is 1. The minimum atomic E-state index is -0.623. The number of hydrogen-bond acceptors (Lipinski definition) is 4. The topological polar surface area (TPSA) is 59.0 Å². The average molecular weight is 217 g/mol. The van der Waals surface area contributed by atoms with Crippen molar-refractivity contribution in [1.82, 2.24) is 4.90 Å². The summed E-state index contributed by atoms with van der Waals surface area (Å²) in [6, 6.07) is 0. The van der Waals surface area contributed by atoms with Crippen LogP contribution in [0.2, 0.25) is 0 Å². The van der Waals surface area contributed by atoms with Crippen molar-refractivity contribution in [1.29, 1.82) is 0 Å². The van der Waals surface area contributed by atoms with E-state index in [2.05, 4.69) is 0 Å². The van der Waals surface area contributed by atoms with Crippen LogP contribution in [0.1, 0.15) is 20.8 Å². The van der Waals surface area contributed by atoms with E-state index in [0.29, 0.717) is 6.54 Å². The molecular weight excluding hydrogens is 198 g/mol. The van der Waals surface area contributed by atoms with E-state index in [1.54, 1.807) is 0 Å². The molecule has 1 rings (SSSR count). The fourth-order valence-corrected chi connectivity index (χ4v) is 1.46. The minimum absolute atomic E-state index is 0.271. The molecule has 88 valence electrons. The Kier molecular flexibility index (Phi) is 3.57. The Hall–Kier alpha value is -0.810. The Morgan fingerprint density at radius 2 is 2.00 bits per heavy atom. The number of aliphatic hydroxyl groups is 1. The summed E-state index contributed by atoms with van der Waals surface area (Å²) in [6.07, 6.45) is -1.33. The fraction of sp³-hybridized carbons (Fsp3) is 0.900. The summed E-state index contributed by atoms with van der Waals surface area (Å²) in [5, 5.41) is 9.53. The number of nitrogens with zero attached hydrogens (tertiary/aromatic N) is 1. The van der Waals surface area contributed by atoms with Crippen molar-refractivity contribution in [2.45, 2.75) is 38.6 Å². The van der Waals surface area contributed by atoms with Crippen molar-refractivity contribution < 1.29 is 19.4 Å². The molecule has 0 aromatic heterocycles. The summed E-state index contributed by atoms with van der Waals surface area (Å²) in [7, 11) is 1.52. The number of rotatable bonds is 1. The van der Waals surface area contributed by atoms with Gasteiger partial charge in [0, 0.05) is 7.11 Å². The molecule has 0 bridgehead atoms. The smallest absolute Gasteiger partial charge is 0.410 e. The van der Waals surface area contributed by atoms with Gasteiger partial charge in [-0.05, 0) is 20.8 Å². The van der Waals surface area contributed by atoms with E-state index in [9.17, 15) is 9.90 Å². The second-order valence-electron chi connectivity index (χ2n) is 4.73. The highest BCUT2D eigenvalue weighted by Gasteiger charge is 2.36. The largest absolute Gasteiger partial charge is 0.444 e. The summed E-state index contributed by atoms with van der Waals surface area (Å²) in [5.41, 5.74) is -0.507. The number of likely N-dealkylation sites (tertiary alicyclic amines) is 1. The lowest BCUT2D eigenvalue weighted by atomic mass is 10.2. The molecule has 1 amide bonds. The van der Waals surface area contributed by atoms with Crippen molar-refractivity contribution in [3.05, 3.63) is 0 Å². The molecule has 1 aliphatic heterocycles. The summed E-state index contributed by atoms with van der Waals surface area (Å²) >= 11 is 0. The Morgan fingerprint density at radius 3 is 2.40 bits per heavy atom. The van der Waals surface area contributed by atoms with Crippen molar-refractivity contribution >= 4 is 6.09 Å². The van der Waals surface area contributed by atoms with Crippen molar-refractivity contribution in [2.75, 3.05) is 20.2 Å². The molecule has 0 saturated carbocycles. The normalized spacial score (nSPS) is 26.9. The first-order valence-corrected chi connectivity index (χ1v) is 5.02. The standard InChI is InChI=1S/C10H19NO4/c1-10(2,3)15-9(13)11-5-7(12)8(6-11)14-4/h7-8,12H,5-6H2,1-4H3/t7-,8+/m0/s1. The molecule has 2 atom stereocenters. The van der Waals surface area contributed by atoms with E-state index in [0.717, 1.165) is 0 Å². The van der Waals surface area contributed by atoms with Gasteiger partial charge in [-0.2, -0.15) is 0 Å². The molecule has 15 heavy (non-hydrogen) atoms. The van der Waals surface area contributed by atoms with Crippen LogP contribution in [0.25, 0.3) is 0 Å². The van der Waals surface area contributed by atoms with Crippen LogP contribution in [0.4, 0.5) is 4.79 Å². The molecule has 1 aliphatic rings. The number of amides is 1. The number of carbonyl (C=O) groups is 1. The Labute approximate surface area is 90.0 Å². The van der Waals surface area contributed by atoms with Gasteiger partial charge in [0.05, 0.1) is 19.2 Å². The molecule has 1 fully saturated rings. The minimum Gasteiger partial charge on any atom is -0.444 e. The molecule has 5 nitrogen and oxygen atoms in total. The zero-order valence-corrected chi connectivity index (χ0v) is 9.69. The van der Waals surface area contributed by atoms with E-state index >= 15 is 0 Å². The summed E-state index contributed by atoms with van der Waals surface area (Å²) in [5.74, 6) is 0. The maximum absolute atomic E-state index is 11.6. The predicted molar refractivity (Wildman–Crippen MR) is 54.6 cm³/mol. The third-order valence-electron chi connectivity index (χ3n) is 2.19. The van der Waals surface area contributed by atoms with Gasteiger partial charge in [-0.25, -0.2) is 4.79 Å². The predicted octanol–water partition coefficient (Wildman–Crippen LogP) is 0.613. The Morgan fingerprint density at radius 1 is 1.40 bits per heavy atom. The van der Waals surface area contributed by atoms with Gasteiger partial charge in [0.2, 0.25) is 0 Å². The maximum atomic E-state index is 11.6. The first kappa shape index (κ1) is 12.3.